The molecule has 2 aromatic carbocycles. The molecule has 2 heterocycles. The van der Waals surface area contributed by atoms with Gasteiger partial charge in [0.05, 0.1) is 21.8 Å². The van der Waals surface area contributed by atoms with E-state index in [0.29, 0.717) is 26.5 Å². The van der Waals surface area contributed by atoms with Crippen LogP contribution in [0.25, 0.3) is 6.08 Å². The third-order valence-corrected chi connectivity index (χ3v) is 8.33. The number of ether oxygens (including phenoxy) is 1. The van der Waals surface area contributed by atoms with Crippen LogP contribution in [-0.4, -0.2) is 16.8 Å². The zero-order chi connectivity index (χ0) is 25.1. The molecule has 0 bridgehead atoms. The Kier molecular flexibility index (Phi) is 7.39. The highest BCUT2D eigenvalue weighted by molar-refractivity contribution is 7.98. The smallest absolute Gasteiger partial charge is 0.338 e. The SMILES string of the molecule is CSc1ccc(C2C(C(=O)OCc3ccccc3)=C(C)N=c3sc(=CC4CC=CCC4)c(=O)n32)cc1. The summed E-state index contributed by atoms with van der Waals surface area (Å²) in [5.74, 6) is -0.113. The Labute approximate surface area is 218 Å². The summed E-state index contributed by atoms with van der Waals surface area (Å²) in [6.45, 7) is 1.99. The Bertz CT molecular complexity index is 1500. The molecular formula is C29H28N2O3S2. The molecule has 5 rings (SSSR count). The van der Waals surface area contributed by atoms with Crippen LogP contribution in [0.1, 0.15) is 43.4 Å². The number of esters is 1. The number of benzene rings is 2. The highest BCUT2D eigenvalue weighted by atomic mass is 32.2. The minimum atomic E-state index is -0.589. The van der Waals surface area contributed by atoms with Crippen molar-refractivity contribution in [1.29, 1.82) is 0 Å². The van der Waals surface area contributed by atoms with E-state index in [9.17, 15) is 9.59 Å². The number of hydrogen-bond donors (Lipinski definition) is 0. The first-order valence-corrected chi connectivity index (χ1v) is 14.1. The molecule has 0 N–H and O–H groups in total. The second-order valence-corrected chi connectivity index (χ2v) is 10.9. The van der Waals surface area contributed by atoms with Gasteiger partial charge < -0.3 is 4.74 Å². The molecule has 0 amide bonds. The van der Waals surface area contributed by atoms with E-state index >= 15 is 0 Å². The molecule has 1 aliphatic heterocycles. The van der Waals surface area contributed by atoms with Gasteiger partial charge in [0.2, 0.25) is 0 Å². The van der Waals surface area contributed by atoms with Crippen LogP contribution in [0.2, 0.25) is 0 Å². The van der Waals surface area contributed by atoms with Crippen molar-refractivity contribution >= 4 is 35.1 Å². The van der Waals surface area contributed by atoms with Gasteiger partial charge in [-0.05, 0) is 61.6 Å². The van der Waals surface area contributed by atoms with Crippen LogP contribution in [0.5, 0.6) is 0 Å². The molecule has 0 radical (unpaired) electrons. The maximum atomic E-state index is 13.7. The number of thioether (sulfide) groups is 1. The fourth-order valence-electron chi connectivity index (χ4n) is 4.68. The van der Waals surface area contributed by atoms with Gasteiger partial charge >= 0.3 is 5.97 Å². The average molecular weight is 517 g/mol. The average Bonchev–Trinajstić information content (AvgIpc) is 3.21. The minimum absolute atomic E-state index is 0.104. The number of aromatic nitrogens is 1. The van der Waals surface area contributed by atoms with Crippen molar-refractivity contribution in [2.24, 2.45) is 10.9 Å². The van der Waals surface area contributed by atoms with Gasteiger partial charge in [-0.2, -0.15) is 0 Å². The van der Waals surface area contributed by atoms with Gasteiger partial charge in [-0.25, -0.2) is 9.79 Å². The maximum Gasteiger partial charge on any atom is 0.338 e. The van der Waals surface area contributed by atoms with E-state index in [1.54, 1.807) is 16.3 Å². The van der Waals surface area contributed by atoms with Crippen molar-refractivity contribution in [2.75, 3.05) is 6.26 Å². The second kappa shape index (κ2) is 10.8. The predicted octanol–water partition coefficient (Wildman–Crippen LogP) is 5.01. The standard InChI is InChI=1S/C29H28N2O3S2/c1-19-25(28(33)34-18-21-11-7-4-8-12-21)26(22-13-15-23(35-2)16-14-22)31-27(32)24(36-29(31)30-19)17-20-9-5-3-6-10-20/h3-5,7-8,11-17,20,26H,6,9-10,18H2,1-2H3. The molecule has 184 valence electrons. The molecule has 0 fully saturated rings. The normalized spacial score (nSPS) is 19.7. The number of rotatable bonds is 6. The molecule has 3 aromatic rings. The van der Waals surface area contributed by atoms with Crippen LogP contribution < -0.4 is 14.9 Å². The molecule has 2 atom stereocenters. The monoisotopic (exact) mass is 516 g/mol. The highest BCUT2D eigenvalue weighted by Crippen LogP contribution is 2.32. The van der Waals surface area contributed by atoms with Crippen LogP contribution in [0.15, 0.2) is 92.7 Å². The third-order valence-electron chi connectivity index (χ3n) is 6.58. The molecule has 2 unspecified atom stereocenters. The van der Waals surface area contributed by atoms with Crippen molar-refractivity contribution in [3.8, 4) is 0 Å². The number of allylic oxidation sites excluding steroid dienone is 3. The molecule has 0 spiro atoms. The molecule has 1 aromatic heterocycles. The molecule has 7 heteroatoms. The second-order valence-electron chi connectivity index (χ2n) is 8.98. The molecular weight excluding hydrogens is 488 g/mol. The summed E-state index contributed by atoms with van der Waals surface area (Å²) in [5, 5.41) is 0. The fraction of sp³-hybridized carbons (Fsp3) is 0.276. The van der Waals surface area contributed by atoms with Crippen LogP contribution >= 0.6 is 23.1 Å². The van der Waals surface area contributed by atoms with Gasteiger partial charge in [0, 0.05) is 4.90 Å². The molecule has 36 heavy (non-hydrogen) atoms. The van der Waals surface area contributed by atoms with Crippen molar-refractivity contribution in [2.45, 2.75) is 43.7 Å². The van der Waals surface area contributed by atoms with E-state index in [1.807, 2.05) is 67.8 Å². The summed E-state index contributed by atoms with van der Waals surface area (Å²) in [6, 6.07) is 17.0. The van der Waals surface area contributed by atoms with E-state index in [2.05, 4.69) is 18.2 Å². The Balaban J connectivity index is 1.58. The molecule has 0 saturated heterocycles. The summed E-state index contributed by atoms with van der Waals surface area (Å²) < 4.78 is 8.09. The summed E-state index contributed by atoms with van der Waals surface area (Å²) >= 11 is 3.05. The highest BCUT2D eigenvalue weighted by Gasteiger charge is 2.33. The molecule has 0 saturated carbocycles. The van der Waals surface area contributed by atoms with E-state index in [0.717, 1.165) is 35.3 Å². The predicted molar refractivity (Wildman–Crippen MR) is 146 cm³/mol. The lowest BCUT2D eigenvalue weighted by molar-refractivity contribution is -0.140. The Morgan fingerprint density at radius 1 is 1.17 bits per heavy atom. The van der Waals surface area contributed by atoms with Crippen molar-refractivity contribution in [3.05, 3.63) is 109 Å². The topological polar surface area (TPSA) is 60.7 Å². The summed E-state index contributed by atoms with van der Waals surface area (Å²) in [7, 11) is 0. The van der Waals surface area contributed by atoms with Crippen molar-refractivity contribution in [3.63, 3.8) is 0 Å². The summed E-state index contributed by atoms with van der Waals surface area (Å²) in [6.07, 6.45) is 11.5. The summed E-state index contributed by atoms with van der Waals surface area (Å²) in [4.78, 5) is 33.6. The van der Waals surface area contributed by atoms with Gasteiger partial charge in [0.25, 0.3) is 5.56 Å². The van der Waals surface area contributed by atoms with Crippen LogP contribution in [-0.2, 0) is 16.1 Å². The van der Waals surface area contributed by atoms with Gasteiger partial charge in [-0.15, -0.1) is 11.8 Å². The van der Waals surface area contributed by atoms with Gasteiger partial charge in [0.15, 0.2) is 4.80 Å². The van der Waals surface area contributed by atoms with E-state index in [-0.39, 0.29) is 12.2 Å². The van der Waals surface area contributed by atoms with E-state index in [1.165, 1.54) is 11.3 Å². The zero-order valence-electron chi connectivity index (χ0n) is 20.3. The van der Waals surface area contributed by atoms with Gasteiger partial charge in [0.1, 0.15) is 6.61 Å². The lowest BCUT2D eigenvalue weighted by Gasteiger charge is -2.25. The molecule has 1 aliphatic carbocycles. The van der Waals surface area contributed by atoms with Gasteiger partial charge in [-0.3, -0.25) is 9.36 Å². The van der Waals surface area contributed by atoms with Crippen molar-refractivity contribution in [1.82, 2.24) is 4.57 Å². The van der Waals surface area contributed by atoms with Crippen molar-refractivity contribution < 1.29 is 9.53 Å². The Hall–Kier alpha value is -3.16. The number of nitrogens with zero attached hydrogens (tertiary/aromatic N) is 2. The van der Waals surface area contributed by atoms with Crippen LogP contribution in [0, 0.1) is 5.92 Å². The lowest BCUT2D eigenvalue weighted by Crippen LogP contribution is -2.40. The first-order chi connectivity index (χ1) is 17.5. The van der Waals surface area contributed by atoms with Gasteiger partial charge in [-0.1, -0.05) is 72.0 Å². The summed E-state index contributed by atoms with van der Waals surface area (Å²) in [5.41, 5.74) is 2.66. The first kappa shape index (κ1) is 24.5. The Morgan fingerprint density at radius 3 is 2.64 bits per heavy atom. The number of thiazole rings is 1. The van der Waals surface area contributed by atoms with E-state index < -0.39 is 12.0 Å². The number of fused-ring (bicyclic) bond motifs is 1. The molecule has 2 aliphatic rings. The minimum Gasteiger partial charge on any atom is -0.457 e. The van der Waals surface area contributed by atoms with Crippen LogP contribution in [0.3, 0.4) is 0 Å². The number of carbonyl (C=O) groups excluding carboxylic acids is 1. The zero-order valence-corrected chi connectivity index (χ0v) is 22.0. The fourth-order valence-corrected chi connectivity index (χ4v) is 6.20. The first-order valence-electron chi connectivity index (χ1n) is 12.1. The maximum absolute atomic E-state index is 13.7. The Morgan fingerprint density at radius 2 is 1.94 bits per heavy atom. The largest absolute Gasteiger partial charge is 0.457 e. The third kappa shape index (κ3) is 5.04. The molecule has 5 nitrogen and oxygen atoms in total. The van der Waals surface area contributed by atoms with Crippen LogP contribution in [0.4, 0.5) is 0 Å². The number of carbonyl (C=O) groups is 1. The number of hydrogen-bond acceptors (Lipinski definition) is 6. The lowest BCUT2D eigenvalue weighted by atomic mass is 9.94. The van der Waals surface area contributed by atoms with E-state index in [4.69, 9.17) is 9.73 Å². The quantitative estimate of drug-likeness (QED) is 0.263.